The van der Waals surface area contributed by atoms with Crippen LogP contribution in [0.1, 0.15) is 37.9 Å². The van der Waals surface area contributed by atoms with E-state index in [1.54, 1.807) is 13.3 Å². The van der Waals surface area contributed by atoms with E-state index in [1.165, 1.54) is 0 Å². The van der Waals surface area contributed by atoms with Gasteiger partial charge in [-0.2, -0.15) is 5.10 Å². The van der Waals surface area contributed by atoms with Crippen LogP contribution in [-0.4, -0.2) is 40.8 Å². The molecule has 0 saturated carbocycles. The Hall–Kier alpha value is -0.910. The topological polar surface area (TPSA) is 56.5 Å². The molecule has 1 aromatic heterocycles. The van der Waals surface area contributed by atoms with Gasteiger partial charge in [0.15, 0.2) is 0 Å². The average molecular weight is 254 g/mol. The van der Waals surface area contributed by atoms with E-state index in [4.69, 9.17) is 9.47 Å². The molecule has 1 aromatic rings. The number of aromatic nitrogens is 2. The van der Waals surface area contributed by atoms with Gasteiger partial charge in [0, 0.05) is 51.5 Å². The molecule has 1 saturated heterocycles. The smallest absolute Gasteiger partial charge is 0.111 e. The normalized spacial score (nSPS) is 20.8. The molecule has 1 fully saturated rings. The van der Waals surface area contributed by atoms with Crippen molar-refractivity contribution in [2.24, 2.45) is 0 Å². The number of aliphatic hydroxyl groups excluding tert-OH is 1. The van der Waals surface area contributed by atoms with Gasteiger partial charge in [-0.25, -0.2) is 0 Å². The highest BCUT2D eigenvalue weighted by Gasteiger charge is 2.41. The quantitative estimate of drug-likeness (QED) is 0.865. The predicted octanol–water partition coefficient (Wildman–Crippen LogP) is 1.52. The van der Waals surface area contributed by atoms with Crippen molar-refractivity contribution in [3.05, 3.63) is 18.0 Å². The van der Waals surface area contributed by atoms with Crippen LogP contribution >= 0.6 is 0 Å². The SMILES string of the molecule is CCCn1cc(C(O)C2(OC)CCOCC2)cn1. The van der Waals surface area contributed by atoms with Gasteiger partial charge in [0.1, 0.15) is 11.7 Å². The van der Waals surface area contributed by atoms with E-state index in [-0.39, 0.29) is 0 Å². The van der Waals surface area contributed by atoms with E-state index in [2.05, 4.69) is 12.0 Å². The van der Waals surface area contributed by atoms with Crippen LogP contribution in [0.4, 0.5) is 0 Å². The molecule has 0 radical (unpaired) electrons. The summed E-state index contributed by atoms with van der Waals surface area (Å²) >= 11 is 0. The summed E-state index contributed by atoms with van der Waals surface area (Å²) in [5.74, 6) is 0. The predicted molar refractivity (Wildman–Crippen MR) is 67.3 cm³/mol. The Morgan fingerprint density at radius 3 is 2.89 bits per heavy atom. The standard InChI is InChI=1S/C13H22N2O3/c1-3-6-15-10-11(9-14-15)12(16)13(17-2)4-7-18-8-5-13/h9-10,12,16H,3-8H2,1-2H3. The number of nitrogens with zero attached hydrogens (tertiary/aromatic N) is 2. The lowest BCUT2D eigenvalue weighted by atomic mass is 9.85. The minimum Gasteiger partial charge on any atom is -0.385 e. The second kappa shape index (κ2) is 5.82. The zero-order chi connectivity index (χ0) is 13.0. The summed E-state index contributed by atoms with van der Waals surface area (Å²) in [6.45, 7) is 4.24. The number of hydrogen-bond acceptors (Lipinski definition) is 4. The van der Waals surface area contributed by atoms with Crippen molar-refractivity contribution in [1.82, 2.24) is 9.78 Å². The van der Waals surface area contributed by atoms with Gasteiger partial charge in [-0.15, -0.1) is 0 Å². The molecule has 2 heterocycles. The second-order valence-electron chi connectivity index (χ2n) is 4.82. The van der Waals surface area contributed by atoms with Crippen LogP contribution in [0.25, 0.3) is 0 Å². The van der Waals surface area contributed by atoms with Gasteiger partial charge in [0.2, 0.25) is 0 Å². The van der Waals surface area contributed by atoms with E-state index in [1.807, 2.05) is 10.9 Å². The van der Waals surface area contributed by atoms with Crippen molar-refractivity contribution in [1.29, 1.82) is 0 Å². The Morgan fingerprint density at radius 1 is 1.56 bits per heavy atom. The summed E-state index contributed by atoms with van der Waals surface area (Å²) < 4.78 is 12.8. The Kier molecular flexibility index (Phi) is 4.37. The van der Waals surface area contributed by atoms with Crippen LogP contribution < -0.4 is 0 Å². The van der Waals surface area contributed by atoms with E-state index < -0.39 is 11.7 Å². The van der Waals surface area contributed by atoms with Gasteiger partial charge in [-0.3, -0.25) is 4.68 Å². The van der Waals surface area contributed by atoms with Crippen molar-refractivity contribution in [2.75, 3.05) is 20.3 Å². The van der Waals surface area contributed by atoms with Crippen molar-refractivity contribution in [2.45, 2.75) is 44.4 Å². The van der Waals surface area contributed by atoms with Crippen molar-refractivity contribution >= 4 is 0 Å². The Morgan fingerprint density at radius 2 is 2.28 bits per heavy atom. The number of rotatable bonds is 5. The van der Waals surface area contributed by atoms with E-state index in [0.717, 1.165) is 18.5 Å². The van der Waals surface area contributed by atoms with Crippen molar-refractivity contribution in [3.8, 4) is 0 Å². The molecule has 5 heteroatoms. The van der Waals surface area contributed by atoms with Gasteiger partial charge in [0.25, 0.3) is 0 Å². The van der Waals surface area contributed by atoms with Crippen LogP contribution in [0.3, 0.4) is 0 Å². The summed E-state index contributed by atoms with van der Waals surface area (Å²) in [6.07, 6.45) is 5.45. The third kappa shape index (κ3) is 2.58. The third-order valence-electron chi connectivity index (χ3n) is 3.67. The molecule has 18 heavy (non-hydrogen) atoms. The first-order valence-electron chi connectivity index (χ1n) is 6.55. The van der Waals surface area contributed by atoms with E-state index in [9.17, 15) is 5.11 Å². The fourth-order valence-electron chi connectivity index (χ4n) is 2.48. The molecule has 0 aromatic carbocycles. The molecule has 102 valence electrons. The van der Waals surface area contributed by atoms with Crippen molar-refractivity contribution < 1.29 is 14.6 Å². The molecule has 0 aliphatic carbocycles. The summed E-state index contributed by atoms with van der Waals surface area (Å²) in [4.78, 5) is 0. The molecule has 1 atom stereocenters. The van der Waals surface area contributed by atoms with Gasteiger partial charge in [-0.05, 0) is 6.42 Å². The maximum atomic E-state index is 10.5. The van der Waals surface area contributed by atoms with Gasteiger partial charge in [0.05, 0.1) is 6.20 Å². The second-order valence-corrected chi connectivity index (χ2v) is 4.82. The Labute approximate surface area is 108 Å². The van der Waals surface area contributed by atoms with E-state index >= 15 is 0 Å². The molecule has 0 bridgehead atoms. The number of aliphatic hydroxyl groups is 1. The van der Waals surface area contributed by atoms with Crippen LogP contribution in [0.2, 0.25) is 0 Å². The van der Waals surface area contributed by atoms with Crippen LogP contribution in [-0.2, 0) is 16.0 Å². The Balaban J connectivity index is 2.14. The molecule has 1 unspecified atom stereocenters. The maximum absolute atomic E-state index is 10.5. The molecule has 1 N–H and O–H groups in total. The Bertz CT molecular complexity index is 372. The van der Waals surface area contributed by atoms with Crippen LogP contribution in [0.5, 0.6) is 0 Å². The fraction of sp³-hybridized carbons (Fsp3) is 0.769. The summed E-state index contributed by atoms with van der Waals surface area (Å²) in [5, 5.41) is 14.8. The molecule has 2 rings (SSSR count). The van der Waals surface area contributed by atoms with Crippen LogP contribution in [0, 0.1) is 0 Å². The minimum absolute atomic E-state index is 0.529. The summed E-state index contributed by atoms with van der Waals surface area (Å²) in [6, 6.07) is 0. The number of aryl methyl sites for hydroxylation is 1. The minimum atomic E-state index is -0.642. The molecule has 0 spiro atoms. The molecule has 1 aliphatic rings. The number of methoxy groups -OCH3 is 1. The largest absolute Gasteiger partial charge is 0.385 e. The molecule has 5 nitrogen and oxygen atoms in total. The first kappa shape index (κ1) is 13.5. The zero-order valence-corrected chi connectivity index (χ0v) is 11.1. The highest BCUT2D eigenvalue weighted by molar-refractivity contribution is 5.14. The maximum Gasteiger partial charge on any atom is 0.111 e. The monoisotopic (exact) mass is 254 g/mol. The van der Waals surface area contributed by atoms with Crippen LogP contribution in [0.15, 0.2) is 12.4 Å². The van der Waals surface area contributed by atoms with Gasteiger partial charge >= 0.3 is 0 Å². The van der Waals surface area contributed by atoms with Gasteiger partial charge in [-0.1, -0.05) is 6.92 Å². The highest BCUT2D eigenvalue weighted by Crippen LogP contribution is 2.37. The molecular weight excluding hydrogens is 232 g/mol. The molecule has 1 aliphatic heterocycles. The summed E-state index contributed by atoms with van der Waals surface area (Å²) in [5.41, 5.74) is 0.297. The number of ether oxygens (including phenoxy) is 2. The third-order valence-corrected chi connectivity index (χ3v) is 3.67. The molecular formula is C13H22N2O3. The van der Waals surface area contributed by atoms with E-state index in [0.29, 0.717) is 26.1 Å². The number of hydrogen-bond donors (Lipinski definition) is 1. The van der Waals surface area contributed by atoms with Gasteiger partial charge < -0.3 is 14.6 Å². The lowest BCUT2D eigenvalue weighted by Crippen LogP contribution is -2.43. The summed E-state index contributed by atoms with van der Waals surface area (Å²) in [7, 11) is 1.66. The molecule has 0 amide bonds. The van der Waals surface area contributed by atoms with Crippen molar-refractivity contribution in [3.63, 3.8) is 0 Å². The highest BCUT2D eigenvalue weighted by atomic mass is 16.5. The fourth-order valence-corrected chi connectivity index (χ4v) is 2.48. The first-order chi connectivity index (χ1) is 8.72. The lowest BCUT2D eigenvalue weighted by molar-refractivity contribution is -0.154. The average Bonchev–Trinajstić information content (AvgIpc) is 2.87. The first-order valence-corrected chi connectivity index (χ1v) is 6.55. The zero-order valence-electron chi connectivity index (χ0n) is 11.1. The lowest BCUT2D eigenvalue weighted by Gasteiger charge is -2.39.